The Morgan fingerprint density at radius 3 is 2.53 bits per heavy atom. The smallest absolute Gasteiger partial charge is 0.429 e. The molecule has 1 amide bonds. The zero-order chi connectivity index (χ0) is 23.7. The van der Waals surface area contributed by atoms with Gasteiger partial charge in [0, 0.05) is 28.6 Å². The number of nitro groups is 1. The standard InChI is InChI=1S/C19H22N4O7S2/c1-19(2,3)32-31-17-15(22-16(24)11-29-20)8-12(9-21-17)10-28-18(25)30-14-6-4-13(5-7-14)23(26)27/h4-9H,10-11,20H2,1-3H3,(H,22,24). The van der Waals surface area contributed by atoms with Crippen molar-refractivity contribution in [2.24, 2.45) is 5.90 Å². The molecular formula is C19H22N4O7S2. The van der Waals surface area contributed by atoms with Gasteiger partial charge in [0.25, 0.3) is 11.6 Å². The lowest BCUT2D eigenvalue weighted by atomic mass is 10.3. The van der Waals surface area contributed by atoms with Crippen LogP contribution in [0.4, 0.5) is 16.2 Å². The molecule has 0 atom stereocenters. The normalized spacial score (nSPS) is 11.0. The van der Waals surface area contributed by atoms with Gasteiger partial charge in [-0.3, -0.25) is 19.7 Å². The molecular weight excluding hydrogens is 460 g/mol. The van der Waals surface area contributed by atoms with E-state index in [2.05, 4.69) is 15.1 Å². The van der Waals surface area contributed by atoms with Crippen LogP contribution < -0.4 is 16.0 Å². The van der Waals surface area contributed by atoms with Gasteiger partial charge in [-0.15, -0.1) is 0 Å². The van der Waals surface area contributed by atoms with Gasteiger partial charge in [-0.2, -0.15) is 0 Å². The molecule has 11 nitrogen and oxygen atoms in total. The predicted molar refractivity (Wildman–Crippen MR) is 120 cm³/mol. The van der Waals surface area contributed by atoms with E-state index in [1.165, 1.54) is 41.3 Å². The molecule has 172 valence electrons. The predicted octanol–water partition coefficient (Wildman–Crippen LogP) is 4.07. The van der Waals surface area contributed by atoms with Crippen LogP contribution in [0.3, 0.4) is 0 Å². The van der Waals surface area contributed by atoms with E-state index in [0.717, 1.165) is 0 Å². The molecule has 0 unspecified atom stereocenters. The third-order valence-electron chi connectivity index (χ3n) is 3.37. The molecule has 13 heteroatoms. The molecule has 2 rings (SSSR count). The number of anilines is 1. The Hall–Kier alpha value is -2.87. The summed E-state index contributed by atoms with van der Waals surface area (Å²) in [6.45, 7) is 5.63. The topological polar surface area (TPSA) is 156 Å². The number of ether oxygens (including phenoxy) is 2. The van der Waals surface area contributed by atoms with Crippen molar-refractivity contribution in [3.8, 4) is 5.75 Å². The number of carbonyl (C=O) groups excluding carboxylic acids is 2. The largest absolute Gasteiger partial charge is 0.514 e. The first-order valence-electron chi connectivity index (χ1n) is 9.12. The van der Waals surface area contributed by atoms with Crippen LogP contribution in [-0.4, -0.2) is 33.3 Å². The highest BCUT2D eigenvalue weighted by molar-refractivity contribution is 8.77. The number of pyridine rings is 1. The van der Waals surface area contributed by atoms with Crippen molar-refractivity contribution in [2.45, 2.75) is 37.2 Å². The summed E-state index contributed by atoms with van der Waals surface area (Å²) in [4.78, 5) is 42.6. The lowest BCUT2D eigenvalue weighted by Crippen LogP contribution is -2.21. The van der Waals surface area contributed by atoms with Gasteiger partial charge in [0.15, 0.2) is 0 Å². The lowest BCUT2D eigenvalue weighted by molar-refractivity contribution is -0.384. The van der Waals surface area contributed by atoms with Crippen LogP contribution in [0.1, 0.15) is 26.3 Å². The van der Waals surface area contributed by atoms with Crippen LogP contribution in [0.15, 0.2) is 41.6 Å². The van der Waals surface area contributed by atoms with Crippen LogP contribution in [0.25, 0.3) is 0 Å². The molecule has 0 saturated carbocycles. The number of rotatable bonds is 9. The maximum Gasteiger partial charge on any atom is 0.514 e. The average molecular weight is 483 g/mol. The Bertz CT molecular complexity index is 965. The molecule has 0 bridgehead atoms. The van der Waals surface area contributed by atoms with Gasteiger partial charge in [0.2, 0.25) is 0 Å². The second-order valence-electron chi connectivity index (χ2n) is 7.23. The van der Waals surface area contributed by atoms with E-state index < -0.39 is 17.0 Å². The van der Waals surface area contributed by atoms with Gasteiger partial charge in [0.05, 0.1) is 10.6 Å². The van der Waals surface area contributed by atoms with Gasteiger partial charge in [-0.05, 0) is 29.0 Å². The van der Waals surface area contributed by atoms with Crippen LogP contribution in [-0.2, 0) is 21.0 Å². The Morgan fingerprint density at radius 2 is 1.94 bits per heavy atom. The van der Waals surface area contributed by atoms with Crippen LogP contribution in [0, 0.1) is 10.1 Å². The summed E-state index contributed by atoms with van der Waals surface area (Å²) in [5.74, 6) is 4.58. The van der Waals surface area contributed by atoms with Crippen molar-refractivity contribution in [3.05, 3.63) is 52.2 Å². The summed E-state index contributed by atoms with van der Waals surface area (Å²) >= 11 is 0. The number of hydrogen-bond donors (Lipinski definition) is 2. The molecule has 1 aromatic carbocycles. The summed E-state index contributed by atoms with van der Waals surface area (Å²) in [6, 6.07) is 6.60. The van der Waals surface area contributed by atoms with Crippen molar-refractivity contribution in [2.75, 3.05) is 11.9 Å². The molecule has 0 aliphatic carbocycles. The first kappa shape index (κ1) is 25.4. The average Bonchev–Trinajstić information content (AvgIpc) is 2.71. The van der Waals surface area contributed by atoms with E-state index in [9.17, 15) is 19.7 Å². The van der Waals surface area contributed by atoms with Crippen LogP contribution in [0.5, 0.6) is 5.75 Å². The van der Waals surface area contributed by atoms with Crippen LogP contribution >= 0.6 is 21.6 Å². The quantitative estimate of drug-likeness (QED) is 0.174. The van der Waals surface area contributed by atoms with E-state index in [0.29, 0.717) is 16.3 Å². The number of nitrogens with zero attached hydrogens (tertiary/aromatic N) is 2. The van der Waals surface area contributed by atoms with Crippen molar-refractivity contribution < 1.29 is 28.8 Å². The third kappa shape index (κ3) is 8.70. The molecule has 3 N–H and O–H groups in total. The van der Waals surface area contributed by atoms with Gasteiger partial charge in [0.1, 0.15) is 24.0 Å². The van der Waals surface area contributed by atoms with E-state index in [1.54, 1.807) is 16.9 Å². The SMILES string of the molecule is CC(C)(C)SSc1ncc(COC(=O)Oc2ccc([N+](=O)[O-])cc2)cc1NC(=O)CON. The molecule has 0 aliphatic rings. The van der Waals surface area contributed by atoms with Gasteiger partial charge in [-0.1, -0.05) is 31.6 Å². The minimum Gasteiger partial charge on any atom is -0.429 e. The fourth-order valence-corrected chi connectivity index (χ4v) is 4.07. The second kappa shape index (κ2) is 11.7. The van der Waals surface area contributed by atoms with Crippen molar-refractivity contribution in [3.63, 3.8) is 0 Å². The third-order valence-corrected chi connectivity index (χ3v) is 6.66. The summed E-state index contributed by atoms with van der Waals surface area (Å²) in [5.41, 5.74) is 0.785. The van der Waals surface area contributed by atoms with Crippen LogP contribution in [0.2, 0.25) is 0 Å². The number of non-ortho nitro benzene ring substituents is 1. The fourth-order valence-electron chi connectivity index (χ4n) is 2.06. The maximum absolute atomic E-state index is 11.9. The Labute approximate surface area is 191 Å². The zero-order valence-corrected chi connectivity index (χ0v) is 19.2. The summed E-state index contributed by atoms with van der Waals surface area (Å²) in [5, 5.41) is 13.9. The molecule has 32 heavy (non-hydrogen) atoms. The maximum atomic E-state index is 11.9. The lowest BCUT2D eigenvalue weighted by Gasteiger charge is -2.17. The van der Waals surface area contributed by atoms with Crippen molar-refractivity contribution in [1.29, 1.82) is 0 Å². The number of carbonyl (C=O) groups is 2. The minimum absolute atomic E-state index is 0.0442. The van der Waals surface area contributed by atoms with E-state index in [1.807, 2.05) is 20.8 Å². The fraction of sp³-hybridized carbons (Fsp3) is 0.316. The molecule has 2 aromatic rings. The van der Waals surface area contributed by atoms with Gasteiger partial charge >= 0.3 is 6.16 Å². The molecule has 1 heterocycles. The number of nitrogens with two attached hydrogens (primary N) is 1. The molecule has 0 fully saturated rings. The molecule has 0 aliphatic heterocycles. The van der Waals surface area contributed by atoms with E-state index in [-0.39, 0.29) is 29.4 Å². The number of hydrogen-bond acceptors (Lipinski definition) is 11. The Morgan fingerprint density at radius 1 is 1.25 bits per heavy atom. The first-order valence-corrected chi connectivity index (χ1v) is 11.3. The number of benzene rings is 1. The molecule has 0 spiro atoms. The number of aromatic nitrogens is 1. The first-order chi connectivity index (χ1) is 15.1. The van der Waals surface area contributed by atoms with Gasteiger partial charge in [-0.25, -0.2) is 15.7 Å². The van der Waals surface area contributed by atoms with E-state index in [4.69, 9.17) is 15.4 Å². The highest BCUT2D eigenvalue weighted by Crippen LogP contribution is 2.42. The number of nitro benzene ring substituents is 1. The highest BCUT2D eigenvalue weighted by Gasteiger charge is 2.17. The zero-order valence-electron chi connectivity index (χ0n) is 17.5. The monoisotopic (exact) mass is 482 g/mol. The molecule has 0 saturated heterocycles. The minimum atomic E-state index is -0.997. The molecule has 0 radical (unpaired) electrons. The van der Waals surface area contributed by atoms with Gasteiger partial charge < -0.3 is 14.8 Å². The van der Waals surface area contributed by atoms with E-state index >= 15 is 0 Å². The highest BCUT2D eigenvalue weighted by atomic mass is 33.1. The number of amides is 1. The second-order valence-corrected chi connectivity index (χ2v) is 10.2. The Balaban J connectivity index is 2.03. The van der Waals surface area contributed by atoms with Crippen molar-refractivity contribution >= 4 is 45.0 Å². The summed E-state index contributed by atoms with van der Waals surface area (Å²) in [7, 11) is 2.96. The summed E-state index contributed by atoms with van der Waals surface area (Å²) < 4.78 is 10.0. The van der Waals surface area contributed by atoms with Crippen molar-refractivity contribution in [1.82, 2.24) is 4.98 Å². The number of nitrogens with one attached hydrogen (secondary N) is 1. The summed E-state index contributed by atoms with van der Waals surface area (Å²) in [6.07, 6.45) is 0.516. The molecule has 1 aromatic heterocycles. The Kier molecular flexibility index (Phi) is 9.26.